The molecule has 6 atom stereocenters. The Morgan fingerprint density at radius 2 is 0.719 bits per heavy atom. The van der Waals surface area contributed by atoms with E-state index in [0.717, 1.165) is 41.5 Å². The largest absolute Gasteiger partial charge is 0.457 e. The van der Waals surface area contributed by atoms with E-state index in [1.807, 2.05) is 121 Å². The molecule has 0 saturated heterocycles. The van der Waals surface area contributed by atoms with Crippen LogP contribution in [0.5, 0.6) is 0 Å². The lowest BCUT2D eigenvalue weighted by atomic mass is 9.83. The number of aliphatic hydroxyl groups is 1. The third kappa shape index (κ3) is 15.8. The third-order valence-electron chi connectivity index (χ3n) is 10.9. The molecule has 1 aliphatic rings. The second-order valence-electron chi connectivity index (χ2n) is 15.5. The van der Waals surface area contributed by atoms with Gasteiger partial charge in [-0.2, -0.15) is 0 Å². The Balaban J connectivity index is 1.29. The smallest absolute Gasteiger partial charge is 0.306 e. The van der Waals surface area contributed by atoms with Gasteiger partial charge in [0.05, 0.1) is 26.4 Å². The van der Waals surface area contributed by atoms with Crippen LogP contribution in [0.1, 0.15) is 119 Å². The number of carbonyl (C=O) groups excluding carboxylic acids is 1. The van der Waals surface area contributed by atoms with Crippen LogP contribution in [0.3, 0.4) is 0 Å². The van der Waals surface area contributed by atoms with Gasteiger partial charge in [0.15, 0.2) is 6.10 Å². The number of unbranched alkanes of at least 4 members (excludes halogenated alkanes) is 12. The van der Waals surface area contributed by atoms with E-state index in [-0.39, 0.29) is 38.8 Å². The van der Waals surface area contributed by atoms with Crippen LogP contribution in [-0.2, 0) is 54.9 Å². The predicted molar refractivity (Wildman–Crippen MR) is 226 cm³/mol. The van der Waals surface area contributed by atoms with E-state index in [4.69, 9.17) is 23.7 Å². The van der Waals surface area contributed by atoms with Crippen molar-refractivity contribution in [3.8, 4) is 0 Å². The maximum atomic E-state index is 13.6. The summed E-state index contributed by atoms with van der Waals surface area (Å²) < 4.78 is 33.0. The molecule has 0 spiro atoms. The summed E-state index contributed by atoms with van der Waals surface area (Å²) >= 11 is 0. The molecule has 57 heavy (non-hydrogen) atoms. The molecule has 308 valence electrons. The first-order valence-electron chi connectivity index (χ1n) is 21.6. The maximum absolute atomic E-state index is 13.6. The van der Waals surface area contributed by atoms with Crippen LogP contribution >= 0.6 is 0 Å². The Hall–Kier alpha value is -3.85. The quantitative estimate of drug-likeness (QED) is 0.0477. The van der Waals surface area contributed by atoms with Crippen LogP contribution in [0.15, 0.2) is 121 Å². The summed E-state index contributed by atoms with van der Waals surface area (Å²) in [5, 5.41) is 12.3. The van der Waals surface area contributed by atoms with Gasteiger partial charge in [-0.3, -0.25) is 4.79 Å². The molecule has 0 aromatic heterocycles. The average molecular weight is 779 g/mol. The topological polar surface area (TPSA) is 83.5 Å². The monoisotopic (exact) mass is 778 g/mol. The zero-order valence-corrected chi connectivity index (χ0v) is 34.1. The van der Waals surface area contributed by atoms with Crippen LogP contribution in [0.4, 0.5) is 0 Å². The van der Waals surface area contributed by atoms with Crippen LogP contribution in [-0.4, -0.2) is 47.7 Å². The van der Waals surface area contributed by atoms with E-state index in [1.165, 1.54) is 64.2 Å². The summed E-state index contributed by atoms with van der Waals surface area (Å²) in [7, 11) is 0. The molecule has 1 aliphatic carbocycles. The lowest BCUT2D eigenvalue weighted by Gasteiger charge is -2.48. The molecule has 0 heterocycles. The fraction of sp³-hybridized carbons (Fsp3) is 0.500. The van der Waals surface area contributed by atoms with Crippen molar-refractivity contribution in [1.82, 2.24) is 0 Å². The van der Waals surface area contributed by atoms with Gasteiger partial charge in [-0.15, -0.1) is 0 Å². The van der Waals surface area contributed by atoms with Crippen LogP contribution < -0.4 is 0 Å². The molecule has 7 heteroatoms. The van der Waals surface area contributed by atoms with Crippen molar-refractivity contribution in [3.05, 3.63) is 144 Å². The molecule has 4 aromatic rings. The number of aliphatic hydroxyl groups excluding tert-OH is 1. The van der Waals surface area contributed by atoms with Gasteiger partial charge in [0.1, 0.15) is 30.5 Å². The first-order chi connectivity index (χ1) is 28.1. The Labute approximate surface area is 342 Å². The fourth-order valence-electron chi connectivity index (χ4n) is 7.60. The molecule has 1 N–H and O–H groups in total. The SMILES string of the molecule is CCCCCCCCCCCCCCCC(=O)OC1[C@H](O)C(OCc2ccccc2)C(OCc2ccccc2)[C@H](OCc2ccccc2)[C@@H]1OCc1ccccc1. The lowest BCUT2D eigenvalue weighted by molar-refractivity contribution is -0.277. The zero-order chi connectivity index (χ0) is 39.8. The van der Waals surface area contributed by atoms with E-state index in [0.29, 0.717) is 0 Å². The van der Waals surface area contributed by atoms with Gasteiger partial charge < -0.3 is 28.8 Å². The molecular formula is C50H66O7. The summed E-state index contributed by atoms with van der Waals surface area (Å²) in [5.41, 5.74) is 3.86. The van der Waals surface area contributed by atoms with E-state index in [9.17, 15) is 9.90 Å². The van der Waals surface area contributed by atoms with Gasteiger partial charge in [0.25, 0.3) is 0 Å². The summed E-state index contributed by atoms with van der Waals surface area (Å²) in [6.07, 6.45) is 10.7. The minimum absolute atomic E-state index is 0.230. The van der Waals surface area contributed by atoms with Crippen molar-refractivity contribution < 1.29 is 33.6 Å². The van der Waals surface area contributed by atoms with E-state index < -0.39 is 36.6 Å². The molecule has 7 nitrogen and oxygen atoms in total. The molecule has 1 saturated carbocycles. The number of carbonyl (C=O) groups is 1. The van der Waals surface area contributed by atoms with Crippen LogP contribution in [0.2, 0.25) is 0 Å². The second-order valence-corrected chi connectivity index (χ2v) is 15.5. The van der Waals surface area contributed by atoms with E-state index in [2.05, 4.69) is 6.92 Å². The zero-order valence-electron chi connectivity index (χ0n) is 34.1. The maximum Gasteiger partial charge on any atom is 0.306 e. The number of rotatable bonds is 27. The van der Waals surface area contributed by atoms with Crippen molar-refractivity contribution in [3.63, 3.8) is 0 Å². The van der Waals surface area contributed by atoms with Crippen LogP contribution in [0.25, 0.3) is 0 Å². The molecule has 3 unspecified atom stereocenters. The molecule has 5 rings (SSSR count). The second kappa shape index (κ2) is 26.2. The summed E-state index contributed by atoms with van der Waals surface area (Å²) in [5.74, 6) is -0.359. The highest BCUT2D eigenvalue weighted by Crippen LogP contribution is 2.35. The van der Waals surface area contributed by atoms with Crippen molar-refractivity contribution in [2.45, 2.75) is 160 Å². The summed E-state index contributed by atoms with van der Waals surface area (Å²) in [6.45, 7) is 3.26. The van der Waals surface area contributed by atoms with Crippen molar-refractivity contribution in [2.75, 3.05) is 0 Å². The lowest BCUT2D eigenvalue weighted by Crippen LogP contribution is -2.67. The molecule has 1 fully saturated rings. The van der Waals surface area contributed by atoms with Gasteiger partial charge in [0.2, 0.25) is 0 Å². The molecule has 0 aliphatic heterocycles. The number of esters is 1. The molecule has 0 radical (unpaired) electrons. The molecule has 4 aromatic carbocycles. The number of hydrogen-bond acceptors (Lipinski definition) is 7. The summed E-state index contributed by atoms with van der Waals surface area (Å²) in [6, 6.07) is 39.6. The number of hydrogen-bond donors (Lipinski definition) is 1. The highest BCUT2D eigenvalue weighted by molar-refractivity contribution is 5.69. The average Bonchev–Trinajstić information content (AvgIpc) is 3.25. The summed E-state index contributed by atoms with van der Waals surface area (Å²) in [4.78, 5) is 13.6. The van der Waals surface area contributed by atoms with Crippen molar-refractivity contribution in [2.24, 2.45) is 0 Å². The highest BCUT2D eigenvalue weighted by Gasteiger charge is 2.55. The van der Waals surface area contributed by atoms with Crippen LogP contribution in [0, 0.1) is 0 Å². The third-order valence-corrected chi connectivity index (χ3v) is 10.9. The van der Waals surface area contributed by atoms with E-state index >= 15 is 0 Å². The van der Waals surface area contributed by atoms with Crippen molar-refractivity contribution >= 4 is 5.97 Å². The number of benzene rings is 4. The fourth-order valence-corrected chi connectivity index (χ4v) is 7.60. The van der Waals surface area contributed by atoms with Gasteiger partial charge in [-0.1, -0.05) is 205 Å². The van der Waals surface area contributed by atoms with Gasteiger partial charge in [-0.25, -0.2) is 0 Å². The molecular weight excluding hydrogens is 713 g/mol. The van der Waals surface area contributed by atoms with Gasteiger partial charge in [-0.05, 0) is 28.7 Å². The Morgan fingerprint density at radius 3 is 1.09 bits per heavy atom. The predicted octanol–water partition coefficient (Wildman–Crippen LogP) is 11.1. The van der Waals surface area contributed by atoms with Gasteiger partial charge >= 0.3 is 5.97 Å². The molecule has 0 amide bonds. The highest BCUT2D eigenvalue weighted by atomic mass is 16.6. The molecule has 0 bridgehead atoms. The first kappa shape index (κ1) is 44.3. The minimum Gasteiger partial charge on any atom is -0.457 e. The number of ether oxygens (including phenoxy) is 5. The van der Waals surface area contributed by atoms with Gasteiger partial charge in [0, 0.05) is 6.42 Å². The van der Waals surface area contributed by atoms with Crippen molar-refractivity contribution in [1.29, 1.82) is 0 Å². The Bertz CT molecular complexity index is 1600. The Kier molecular flexibility index (Phi) is 20.4. The standard InChI is InChI=1S/C50H66O7/c1-2-3-4-5-6-7-8-9-10-11-12-13-26-35-44(51)57-47-45(52)46(53-36-40-27-18-14-19-28-40)48(54-37-41-29-20-15-21-30-41)50(56-39-43-33-24-17-25-34-43)49(47)55-38-42-31-22-16-23-32-42/h14-25,27-34,45-50,52H,2-13,26,35-39H2,1H3/t45-,46?,47?,48?,49-,50+/m1/s1. The normalized spacial score (nSPS) is 20.7. The Morgan fingerprint density at radius 1 is 0.421 bits per heavy atom. The minimum atomic E-state index is -1.25. The van der Waals surface area contributed by atoms with E-state index in [1.54, 1.807) is 0 Å². The first-order valence-corrected chi connectivity index (χ1v) is 21.6.